The average Bonchev–Trinajstić information content (AvgIpc) is 2.81. The van der Waals surface area contributed by atoms with Crippen molar-refractivity contribution in [2.45, 2.75) is 12.7 Å². The fraction of sp³-hybridized carbons (Fsp3) is 0.120. The van der Waals surface area contributed by atoms with Crippen LogP contribution < -0.4 is 4.74 Å². The Bertz CT molecular complexity index is 1240. The van der Waals surface area contributed by atoms with Gasteiger partial charge in [0.15, 0.2) is 0 Å². The highest BCUT2D eigenvalue weighted by atomic mass is 35.5. The lowest BCUT2D eigenvalue weighted by Gasteiger charge is -2.14. The van der Waals surface area contributed by atoms with Gasteiger partial charge < -0.3 is 14.6 Å². The Kier molecular flexibility index (Phi) is 6.16. The van der Waals surface area contributed by atoms with E-state index in [4.69, 9.17) is 21.1 Å². The Morgan fingerprint density at radius 2 is 1.74 bits per heavy atom. The largest absolute Gasteiger partial charge is 0.487 e. The van der Waals surface area contributed by atoms with Crippen molar-refractivity contribution in [1.82, 2.24) is 4.98 Å². The molecule has 0 fully saturated rings. The van der Waals surface area contributed by atoms with Crippen LogP contribution in [0.3, 0.4) is 0 Å². The summed E-state index contributed by atoms with van der Waals surface area (Å²) >= 11 is 6.06. The number of aliphatic hydroxyl groups excluding tert-OH is 1. The highest BCUT2D eigenvalue weighted by Crippen LogP contribution is 2.26. The zero-order valence-corrected chi connectivity index (χ0v) is 17.5. The van der Waals surface area contributed by atoms with Crippen LogP contribution in [-0.2, 0) is 11.3 Å². The van der Waals surface area contributed by atoms with E-state index in [0.29, 0.717) is 27.5 Å². The molecule has 31 heavy (non-hydrogen) atoms. The normalized spacial score (nSPS) is 11.8. The maximum atomic E-state index is 11.8. The van der Waals surface area contributed by atoms with E-state index < -0.39 is 12.1 Å². The van der Waals surface area contributed by atoms with Gasteiger partial charge in [-0.3, -0.25) is 0 Å². The second-order valence-electron chi connectivity index (χ2n) is 7.02. The number of carbonyl (C=O) groups excluding carboxylic acids is 1. The number of benzene rings is 3. The number of nitrogens with zero attached hydrogens (tertiary/aromatic N) is 1. The minimum absolute atomic E-state index is 0.278. The number of hydrogen-bond acceptors (Lipinski definition) is 5. The van der Waals surface area contributed by atoms with Gasteiger partial charge in [-0.15, -0.1) is 0 Å². The second kappa shape index (κ2) is 9.16. The lowest BCUT2D eigenvalue weighted by atomic mass is 9.99. The van der Waals surface area contributed by atoms with Gasteiger partial charge in [0.1, 0.15) is 18.5 Å². The van der Waals surface area contributed by atoms with Crippen molar-refractivity contribution in [3.8, 4) is 5.75 Å². The van der Waals surface area contributed by atoms with Gasteiger partial charge in [-0.2, -0.15) is 0 Å². The van der Waals surface area contributed by atoms with Crippen LogP contribution in [-0.4, -0.2) is 23.2 Å². The van der Waals surface area contributed by atoms with Crippen molar-refractivity contribution < 1.29 is 19.4 Å². The number of halogens is 1. The standard InChI is InChI=1S/C25H20ClNO4/c1-30-25(29)19-6-2-4-17(12-19)24(28)18-5-3-7-22(13-18)31-15-21-11-9-16-8-10-20(26)14-23(16)27-21/h2-14,24,28H,15H2,1H3. The summed E-state index contributed by atoms with van der Waals surface area (Å²) in [5, 5.41) is 12.4. The summed E-state index contributed by atoms with van der Waals surface area (Å²) in [6.07, 6.45) is -0.908. The first kappa shape index (κ1) is 20.8. The molecule has 1 heterocycles. The summed E-state index contributed by atoms with van der Waals surface area (Å²) in [5.41, 5.74) is 3.20. The molecule has 1 unspecified atom stereocenters. The Morgan fingerprint density at radius 1 is 1.00 bits per heavy atom. The van der Waals surface area contributed by atoms with Crippen molar-refractivity contribution in [2.75, 3.05) is 7.11 Å². The molecule has 0 aliphatic carbocycles. The van der Waals surface area contributed by atoms with E-state index in [1.165, 1.54) is 7.11 Å². The van der Waals surface area contributed by atoms with Crippen LogP contribution in [0.25, 0.3) is 10.9 Å². The number of pyridine rings is 1. The highest BCUT2D eigenvalue weighted by molar-refractivity contribution is 6.31. The maximum absolute atomic E-state index is 11.8. The molecule has 0 amide bonds. The van der Waals surface area contributed by atoms with Crippen LogP contribution in [0.5, 0.6) is 5.75 Å². The van der Waals surface area contributed by atoms with Gasteiger partial charge in [0.25, 0.3) is 0 Å². The summed E-state index contributed by atoms with van der Waals surface area (Å²) in [6.45, 7) is 0.278. The molecule has 5 nitrogen and oxygen atoms in total. The van der Waals surface area contributed by atoms with Crippen LogP contribution in [0.15, 0.2) is 78.9 Å². The van der Waals surface area contributed by atoms with Crippen LogP contribution >= 0.6 is 11.6 Å². The predicted octanol–water partition coefficient (Wildman–Crippen LogP) is 5.34. The minimum Gasteiger partial charge on any atom is -0.487 e. The third-order valence-corrected chi connectivity index (χ3v) is 5.13. The SMILES string of the molecule is COC(=O)c1cccc(C(O)c2cccc(OCc3ccc4ccc(Cl)cc4n3)c2)c1. The number of aliphatic hydroxyl groups is 1. The number of carbonyl (C=O) groups is 1. The van der Waals surface area contributed by atoms with E-state index in [9.17, 15) is 9.90 Å². The van der Waals surface area contributed by atoms with Gasteiger partial charge in [0.05, 0.1) is 23.9 Å². The van der Waals surface area contributed by atoms with Crippen molar-refractivity contribution in [2.24, 2.45) is 0 Å². The molecular weight excluding hydrogens is 414 g/mol. The number of ether oxygens (including phenoxy) is 2. The van der Waals surface area contributed by atoms with Crippen molar-refractivity contribution in [3.05, 3.63) is 106 Å². The molecule has 0 aliphatic heterocycles. The molecule has 156 valence electrons. The second-order valence-corrected chi connectivity index (χ2v) is 7.46. The quantitative estimate of drug-likeness (QED) is 0.416. The molecular formula is C25H20ClNO4. The fourth-order valence-corrected chi connectivity index (χ4v) is 3.46. The Balaban J connectivity index is 1.50. The van der Waals surface area contributed by atoms with Crippen LogP contribution in [0.4, 0.5) is 0 Å². The number of rotatable bonds is 6. The summed E-state index contributed by atoms with van der Waals surface area (Å²) < 4.78 is 10.6. The number of esters is 1. The monoisotopic (exact) mass is 433 g/mol. The number of fused-ring (bicyclic) bond motifs is 1. The molecule has 1 atom stereocenters. The molecule has 0 saturated heterocycles. The number of aromatic nitrogens is 1. The molecule has 0 radical (unpaired) electrons. The van der Waals surface area contributed by atoms with Crippen LogP contribution in [0.1, 0.15) is 33.3 Å². The molecule has 1 aromatic heterocycles. The van der Waals surface area contributed by atoms with Crippen molar-refractivity contribution in [1.29, 1.82) is 0 Å². The zero-order valence-electron chi connectivity index (χ0n) is 16.8. The predicted molar refractivity (Wildman–Crippen MR) is 119 cm³/mol. The van der Waals surface area contributed by atoms with Crippen molar-refractivity contribution >= 4 is 28.5 Å². The lowest BCUT2D eigenvalue weighted by Crippen LogP contribution is -2.05. The average molecular weight is 434 g/mol. The first-order valence-electron chi connectivity index (χ1n) is 9.68. The maximum Gasteiger partial charge on any atom is 0.337 e. The molecule has 1 N–H and O–H groups in total. The van der Waals surface area contributed by atoms with E-state index in [2.05, 4.69) is 4.98 Å². The van der Waals surface area contributed by atoms with Gasteiger partial charge in [0, 0.05) is 10.4 Å². The number of methoxy groups -OCH3 is 1. The molecule has 6 heteroatoms. The van der Waals surface area contributed by atoms with Gasteiger partial charge >= 0.3 is 5.97 Å². The first-order chi connectivity index (χ1) is 15.0. The summed E-state index contributed by atoms with van der Waals surface area (Å²) in [4.78, 5) is 16.3. The van der Waals surface area contributed by atoms with E-state index in [0.717, 1.165) is 16.6 Å². The first-order valence-corrected chi connectivity index (χ1v) is 10.1. The Labute approximate surface area is 184 Å². The zero-order chi connectivity index (χ0) is 21.8. The van der Waals surface area contributed by atoms with Gasteiger partial charge in [-0.05, 0) is 53.6 Å². The molecule has 0 saturated carbocycles. The van der Waals surface area contributed by atoms with Gasteiger partial charge in [0.2, 0.25) is 0 Å². The van der Waals surface area contributed by atoms with E-state index in [1.54, 1.807) is 36.4 Å². The summed E-state index contributed by atoms with van der Waals surface area (Å²) in [7, 11) is 1.32. The van der Waals surface area contributed by atoms with Gasteiger partial charge in [-0.25, -0.2) is 9.78 Å². The van der Waals surface area contributed by atoms with Crippen LogP contribution in [0, 0.1) is 0 Å². The molecule has 0 aliphatic rings. The topological polar surface area (TPSA) is 68.7 Å². The third-order valence-electron chi connectivity index (χ3n) is 4.90. The highest BCUT2D eigenvalue weighted by Gasteiger charge is 2.14. The van der Waals surface area contributed by atoms with E-state index in [1.807, 2.05) is 42.5 Å². The third kappa shape index (κ3) is 4.85. The minimum atomic E-state index is -0.908. The molecule has 4 rings (SSSR count). The number of hydrogen-bond donors (Lipinski definition) is 1. The summed E-state index contributed by atoms with van der Waals surface area (Å²) in [5.74, 6) is 0.156. The molecule has 0 bridgehead atoms. The van der Waals surface area contributed by atoms with Crippen molar-refractivity contribution in [3.63, 3.8) is 0 Å². The van der Waals surface area contributed by atoms with Gasteiger partial charge in [-0.1, -0.05) is 48.0 Å². The lowest BCUT2D eigenvalue weighted by molar-refractivity contribution is 0.0600. The Morgan fingerprint density at radius 3 is 2.55 bits per heavy atom. The molecule has 3 aromatic carbocycles. The molecule has 0 spiro atoms. The Hall–Kier alpha value is -3.41. The van der Waals surface area contributed by atoms with Crippen LogP contribution in [0.2, 0.25) is 5.02 Å². The smallest absolute Gasteiger partial charge is 0.337 e. The summed E-state index contributed by atoms with van der Waals surface area (Å²) in [6, 6.07) is 23.4. The van der Waals surface area contributed by atoms with E-state index in [-0.39, 0.29) is 6.61 Å². The fourth-order valence-electron chi connectivity index (χ4n) is 3.29. The molecule has 4 aromatic rings. The van der Waals surface area contributed by atoms with E-state index >= 15 is 0 Å².